The van der Waals surface area contributed by atoms with Crippen molar-refractivity contribution in [3.63, 3.8) is 0 Å². The van der Waals surface area contributed by atoms with E-state index in [-0.39, 0.29) is 11.7 Å². The van der Waals surface area contributed by atoms with Gasteiger partial charge in [0, 0.05) is 5.56 Å². The van der Waals surface area contributed by atoms with Crippen LogP contribution in [0.3, 0.4) is 0 Å². The molecule has 0 bridgehead atoms. The van der Waals surface area contributed by atoms with Crippen LogP contribution in [0.2, 0.25) is 0 Å². The minimum absolute atomic E-state index is 0.110. The van der Waals surface area contributed by atoms with E-state index < -0.39 is 0 Å². The van der Waals surface area contributed by atoms with E-state index in [0.717, 1.165) is 0 Å². The topological polar surface area (TPSA) is 30.2 Å². The SMILES string of the molecule is CC(C)c1ccc(C(=O)c2ccc(CCl)o2)cc1. The van der Waals surface area contributed by atoms with Gasteiger partial charge in [0.25, 0.3) is 0 Å². The molecule has 2 nitrogen and oxygen atoms in total. The smallest absolute Gasteiger partial charge is 0.228 e. The summed E-state index contributed by atoms with van der Waals surface area (Å²) in [5.74, 6) is 1.57. The molecule has 2 rings (SSSR count). The monoisotopic (exact) mass is 262 g/mol. The minimum Gasteiger partial charge on any atom is -0.456 e. The Hall–Kier alpha value is -1.54. The lowest BCUT2D eigenvalue weighted by atomic mass is 10.00. The summed E-state index contributed by atoms with van der Waals surface area (Å²) < 4.78 is 5.35. The highest BCUT2D eigenvalue weighted by atomic mass is 35.5. The zero-order valence-corrected chi connectivity index (χ0v) is 11.2. The zero-order valence-electron chi connectivity index (χ0n) is 10.4. The van der Waals surface area contributed by atoms with Crippen molar-refractivity contribution in [3.8, 4) is 0 Å². The van der Waals surface area contributed by atoms with Crippen molar-refractivity contribution in [1.82, 2.24) is 0 Å². The van der Waals surface area contributed by atoms with E-state index in [1.54, 1.807) is 12.1 Å². The van der Waals surface area contributed by atoms with Crippen molar-refractivity contribution >= 4 is 17.4 Å². The fourth-order valence-corrected chi connectivity index (χ4v) is 1.88. The summed E-state index contributed by atoms with van der Waals surface area (Å²) in [6, 6.07) is 11.0. The molecule has 0 aliphatic carbocycles. The van der Waals surface area contributed by atoms with Gasteiger partial charge in [0.15, 0.2) is 5.76 Å². The first kappa shape index (κ1) is 12.9. The maximum Gasteiger partial charge on any atom is 0.228 e. The molecule has 0 atom stereocenters. The molecule has 0 radical (unpaired) electrons. The summed E-state index contributed by atoms with van der Waals surface area (Å²) in [4.78, 5) is 12.1. The van der Waals surface area contributed by atoms with Crippen LogP contribution in [0, 0.1) is 0 Å². The number of halogens is 1. The Morgan fingerprint density at radius 1 is 1.17 bits per heavy atom. The van der Waals surface area contributed by atoms with Crippen LogP contribution in [0.4, 0.5) is 0 Å². The summed E-state index contributed by atoms with van der Waals surface area (Å²) >= 11 is 5.64. The molecule has 0 aliphatic heterocycles. The largest absolute Gasteiger partial charge is 0.456 e. The van der Waals surface area contributed by atoms with Gasteiger partial charge in [-0.3, -0.25) is 4.79 Å². The number of carbonyl (C=O) groups excluding carboxylic acids is 1. The number of furan rings is 1. The van der Waals surface area contributed by atoms with Gasteiger partial charge in [0.2, 0.25) is 5.78 Å². The lowest BCUT2D eigenvalue weighted by Crippen LogP contribution is -2.00. The van der Waals surface area contributed by atoms with E-state index in [0.29, 0.717) is 23.0 Å². The molecule has 1 aromatic heterocycles. The fraction of sp³-hybridized carbons (Fsp3) is 0.267. The van der Waals surface area contributed by atoms with Gasteiger partial charge in [0.05, 0.1) is 5.88 Å². The van der Waals surface area contributed by atoms with Crippen LogP contribution in [-0.2, 0) is 5.88 Å². The second kappa shape index (κ2) is 5.40. The number of carbonyl (C=O) groups is 1. The van der Waals surface area contributed by atoms with E-state index in [4.69, 9.17) is 16.0 Å². The molecule has 2 aromatic rings. The Morgan fingerprint density at radius 3 is 2.33 bits per heavy atom. The quantitative estimate of drug-likeness (QED) is 0.605. The normalized spacial score (nSPS) is 10.9. The van der Waals surface area contributed by atoms with Crippen LogP contribution >= 0.6 is 11.6 Å². The summed E-state index contributed by atoms with van der Waals surface area (Å²) in [6.07, 6.45) is 0. The second-order valence-corrected chi connectivity index (χ2v) is 4.77. The fourth-order valence-electron chi connectivity index (χ4n) is 1.73. The molecule has 94 valence electrons. The van der Waals surface area contributed by atoms with Crippen LogP contribution in [0.15, 0.2) is 40.8 Å². The van der Waals surface area contributed by atoms with Crippen molar-refractivity contribution in [3.05, 3.63) is 59.0 Å². The predicted octanol–water partition coefficient (Wildman–Crippen LogP) is 4.37. The van der Waals surface area contributed by atoms with Crippen LogP contribution in [0.5, 0.6) is 0 Å². The van der Waals surface area contributed by atoms with E-state index in [1.807, 2.05) is 24.3 Å². The summed E-state index contributed by atoms with van der Waals surface area (Å²) in [5, 5.41) is 0. The molecule has 0 unspecified atom stereocenters. The molecule has 18 heavy (non-hydrogen) atoms. The van der Waals surface area contributed by atoms with E-state index >= 15 is 0 Å². The van der Waals surface area contributed by atoms with Crippen molar-refractivity contribution in [1.29, 1.82) is 0 Å². The van der Waals surface area contributed by atoms with E-state index in [9.17, 15) is 4.79 Å². The third-order valence-electron chi connectivity index (χ3n) is 2.86. The Balaban J connectivity index is 2.23. The van der Waals surface area contributed by atoms with E-state index in [1.165, 1.54) is 5.56 Å². The number of alkyl halides is 1. The maximum absolute atomic E-state index is 12.1. The molecular formula is C15H15ClO2. The van der Waals surface area contributed by atoms with Crippen molar-refractivity contribution < 1.29 is 9.21 Å². The number of benzene rings is 1. The number of hydrogen-bond donors (Lipinski definition) is 0. The Morgan fingerprint density at radius 2 is 1.83 bits per heavy atom. The van der Waals surface area contributed by atoms with Gasteiger partial charge in [-0.25, -0.2) is 0 Å². The average Bonchev–Trinajstić information content (AvgIpc) is 2.86. The summed E-state index contributed by atoms with van der Waals surface area (Å²) in [6.45, 7) is 4.24. The van der Waals surface area contributed by atoms with Gasteiger partial charge >= 0.3 is 0 Å². The van der Waals surface area contributed by atoms with Gasteiger partial charge in [-0.1, -0.05) is 38.1 Å². The molecule has 0 saturated carbocycles. The molecule has 0 aliphatic rings. The number of rotatable bonds is 4. The lowest BCUT2D eigenvalue weighted by molar-refractivity contribution is 0.101. The second-order valence-electron chi connectivity index (χ2n) is 4.51. The number of ketones is 1. The van der Waals surface area contributed by atoms with Gasteiger partial charge in [-0.15, -0.1) is 11.6 Å². The van der Waals surface area contributed by atoms with Crippen molar-refractivity contribution in [2.75, 3.05) is 0 Å². The summed E-state index contributed by atoms with van der Waals surface area (Å²) in [7, 11) is 0. The molecule has 0 saturated heterocycles. The van der Waals surface area contributed by atoms with Gasteiger partial charge in [0.1, 0.15) is 5.76 Å². The molecular weight excluding hydrogens is 248 g/mol. The zero-order chi connectivity index (χ0) is 13.1. The highest BCUT2D eigenvalue weighted by molar-refractivity contribution is 6.16. The van der Waals surface area contributed by atoms with Gasteiger partial charge in [-0.2, -0.15) is 0 Å². The average molecular weight is 263 g/mol. The van der Waals surface area contributed by atoms with Crippen LogP contribution < -0.4 is 0 Å². The van der Waals surface area contributed by atoms with Crippen molar-refractivity contribution in [2.24, 2.45) is 0 Å². The highest BCUT2D eigenvalue weighted by Crippen LogP contribution is 2.18. The highest BCUT2D eigenvalue weighted by Gasteiger charge is 2.13. The van der Waals surface area contributed by atoms with Crippen LogP contribution in [0.25, 0.3) is 0 Å². The first-order chi connectivity index (χ1) is 8.61. The molecule has 0 spiro atoms. The number of hydrogen-bond acceptors (Lipinski definition) is 2. The van der Waals surface area contributed by atoms with Gasteiger partial charge in [-0.05, 0) is 23.6 Å². The Kier molecular flexibility index (Phi) is 3.87. The lowest BCUT2D eigenvalue weighted by Gasteiger charge is -2.05. The van der Waals surface area contributed by atoms with Crippen molar-refractivity contribution in [2.45, 2.75) is 25.6 Å². The molecule has 0 amide bonds. The standard InChI is InChI=1S/C15H15ClO2/c1-10(2)11-3-5-12(6-4-11)15(17)14-8-7-13(9-16)18-14/h3-8,10H,9H2,1-2H3. The summed E-state index contributed by atoms with van der Waals surface area (Å²) in [5.41, 5.74) is 1.85. The first-order valence-corrected chi connectivity index (χ1v) is 6.44. The Labute approximate surface area is 112 Å². The third-order valence-corrected chi connectivity index (χ3v) is 3.12. The molecule has 0 N–H and O–H groups in total. The van der Waals surface area contributed by atoms with E-state index in [2.05, 4.69) is 13.8 Å². The Bertz CT molecular complexity index is 538. The predicted molar refractivity (Wildman–Crippen MR) is 72.2 cm³/mol. The maximum atomic E-state index is 12.1. The molecule has 1 aromatic carbocycles. The van der Waals surface area contributed by atoms with Crippen LogP contribution in [0.1, 0.15) is 47.2 Å². The van der Waals surface area contributed by atoms with Gasteiger partial charge < -0.3 is 4.42 Å². The third kappa shape index (κ3) is 2.65. The molecule has 1 heterocycles. The first-order valence-electron chi connectivity index (χ1n) is 5.91. The van der Waals surface area contributed by atoms with Crippen LogP contribution in [-0.4, -0.2) is 5.78 Å². The molecule has 3 heteroatoms. The minimum atomic E-state index is -0.110. The molecule has 0 fully saturated rings.